The zero-order valence-electron chi connectivity index (χ0n) is 81.0. The van der Waals surface area contributed by atoms with Gasteiger partial charge < -0.3 is 48.0 Å². The summed E-state index contributed by atoms with van der Waals surface area (Å²) in [5.74, 6) is -0.130. The summed E-state index contributed by atoms with van der Waals surface area (Å²) in [7, 11) is 4.77. The number of hydrogen-bond donors (Lipinski definition) is 0. The van der Waals surface area contributed by atoms with E-state index in [2.05, 4.69) is 34.9 Å². The van der Waals surface area contributed by atoms with E-state index in [1.165, 1.54) is 47.3 Å². The Hall–Kier alpha value is -14.1. The van der Waals surface area contributed by atoms with E-state index in [9.17, 15) is 77.0 Å². The van der Waals surface area contributed by atoms with Crippen LogP contribution in [0.15, 0.2) is 201 Å². The fraction of sp³-hybridized carbons (Fsp3) is 0.355. The van der Waals surface area contributed by atoms with Crippen molar-refractivity contribution in [3.05, 3.63) is 223 Å². The Morgan fingerprint density at radius 2 is 0.604 bits per heavy atom. The van der Waals surface area contributed by atoms with Crippen molar-refractivity contribution in [3.8, 4) is 92.2 Å². The van der Waals surface area contributed by atoms with Crippen molar-refractivity contribution in [1.29, 1.82) is 21.0 Å². The van der Waals surface area contributed by atoms with Crippen LogP contribution in [0.1, 0.15) is 160 Å². The van der Waals surface area contributed by atoms with Gasteiger partial charge in [-0.15, -0.1) is 0 Å². The molecule has 37 heteroatoms. The maximum atomic E-state index is 14.3. The maximum Gasteiger partial charge on any atom is 0.224 e. The lowest BCUT2D eigenvalue weighted by atomic mass is 9.97. The van der Waals surface area contributed by atoms with Crippen molar-refractivity contribution in [2.45, 2.75) is 172 Å². The van der Waals surface area contributed by atoms with E-state index in [-0.39, 0.29) is 204 Å². The SMILES string of the molecule is CC(C)Oc1ccc(-c2ccc3nccc(C(=O)CCC(=O)N4CC(C)(F)C[C@H]4C#N)c3c2)cn1.COCCOc1ccc(-c2ccc3nccc(C(=O)CCC(=O)N4CC(C)(F)C[C@H]4C#N)c3c2)cc1.COCCOc1ccc(-c2ccc3nccc(C(=O)CCC(=O)N4CC(C)(F)C[C@H]4C#N)c3c2)cn1.COc1ccc(-c2ccc3nccc(C(=O)CCC(=O)N4CC(C)(F)C[C@H]4C#N)c3c2)cn1.S.S.S.S. The number of nitriles is 4. The van der Waals surface area contributed by atoms with Crippen molar-refractivity contribution >= 4 is 144 Å². The Balaban J connectivity index is 0.000000212. The van der Waals surface area contributed by atoms with Crippen LogP contribution >= 0.6 is 54.0 Å². The molecule has 752 valence electrons. The van der Waals surface area contributed by atoms with Gasteiger partial charge in [0.25, 0.3) is 0 Å². The fourth-order valence-electron chi connectivity index (χ4n) is 17.3. The zero-order chi connectivity index (χ0) is 100. The normalized spacial score (nSPS) is 19.0. The first-order valence-electron chi connectivity index (χ1n) is 45.7. The van der Waals surface area contributed by atoms with Crippen molar-refractivity contribution in [3.63, 3.8) is 0 Å². The zero-order valence-corrected chi connectivity index (χ0v) is 85.0. The molecule has 0 aliphatic carbocycles. The van der Waals surface area contributed by atoms with Gasteiger partial charge in [0.15, 0.2) is 23.1 Å². The molecule has 144 heavy (non-hydrogen) atoms. The van der Waals surface area contributed by atoms with Gasteiger partial charge in [-0.25, -0.2) is 32.5 Å². The minimum absolute atomic E-state index is 0. The third-order valence-corrected chi connectivity index (χ3v) is 24.3. The second kappa shape index (κ2) is 51.3. The van der Waals surface area contributed by atoms with E-state index in [1.54, 1.807) is 107 Å². The number of pyridine rings is 7. The molecular formula is C107H113F4N15O14S4. The van der Waals surface area contributed by atoms with E-state index in [4.69, 9.17) is 28.4 Å². The molecule has 0 bridgehead atoms. The molecule has 4 aliphatic rings. The molecule has 7 aromatic heterocycles. The molecule has 4 amide bonds. The van der Waals surface area contributed by atoms with E-state index in [0.29, 0.717) is 110 Å². The molecule has 29 nitrogen and oxygen atoms in total. The summed E-state index contributed by atoms with van der Waals surface area (Å²) >= 11 is 0. The highest BCUT2D eigenvalue weighted by Gasteiger charge is 2.47. The number of rotatable bonds is 31. The Bertz CT molecular complexity index is 6590. The number of hydrogen-bond acceptors (Lipinski definition) is 25. The van der Waals surface area contributed by atoms with Crippen LogP contribution in [0.3, 0.4) is 0 Å². The average Bonchev–Trinajstić information content (AvgIpc) is 1.77. The average molecular weight is 2040 g/mol. The van der Waals surface area contributed by atoms with E-state index < -0.39 is 52.7 Å². The van der Waals surface area contributed by atoms with Gasteiger partial charge in [-0.3, -0.25) is 58.3 Å². The van der Waals surface area contributed by atoms with Gasteiger partial charge in [0.2, 0.25) is 41.3 Å². The molecule has 0 radical (unpaired) electrons. The third-order valence-electron chi connectivity index (χ3n) is 24.3. The monoisotopic (exact) mass is 2040 g/mol. The number of ketones is 4. The van der Waals surface area contributed by atoms with Crippen LogP contribution in [-0.2, 0) is 28.7 Å². The summed E-state index contributed by atoms with van der Waals surface area (Å²) in [5.41, 5.74) is 5.18. The number of nitrogens with zero attached hydrogens (tertiary/aromatic N) is 15. The first kappa shape index (κ1) is 114. The quantitative estimate of drug-likeness (QED) is 0.0221. The molecular weight excluding hydrogens is 1920 g/mol. The van der Waals surface area contributed by atoms with E-state index in [0.717, 1.165) is 50.3 Å². The van der Waals surface area contributed by atoms with E-state index >= 15 is 0 Å². The molecule has 8 atom stereocenters. The molecule has 4 fully saturated rings. The number of halogens is 4. The second-order valence-electron chi connectivity index (χ2n) is 35.9. The van der Waals surface area contributed by atoms with Crippen molar-refractivity contribution in [1.82, 2.24) is 54.5 Å². The van der Waals surface area contributed by atoms with Gasteiger partial charge >= 0.3 is 0 Å². The van der Waals surface area contributed by atoms with Crippen LogP contribution in [0.4, 0.5) is 17.6 Å². The van der Waals surface area contributed by atoms with Gasteiger partial charge in [0, 0.05) is 213 Å². The number of carbonyl (C=O) groups excluding carboxylic acids is 8. The van der Waals surface area contributed by atoms with Crippen LogP contribution in [-0.4, -0.2) is 228 Å². The lowest BCUT2D eigenvalue weighted by Gasteiger charge is -2.19. The van der Waals surface area contributed by atoms with Crippen LogP contribution < -0.4 is 18.9 Å². The predicted molar refractivity (Wildman–Crippen MR) is 556 cm³/mol. The summed E-state index contributed by atoms with van der Waals surface area (Å²) < 4.78 is 89.1. The summed E-state index contributed by atoms with van der Waals surface area (Å²) in [5, 5.41) is 39.8. The molecule has 12 aromatic rings. The standard InChI is InChI=1S/C28H28FN3O4.C27H27FN4O4.C27H27FN4O3.C25H23FN4O3.4H2S/c1-28(29)16-21(17-30)32(18-28)27(34)10-9-26(33)23-11-12-31-25-8-5-20(15-24(23)25)19-3-6-22(7-4-19)36-14-13-35-2;1-27(28)14-20(15-29)32(17-27)26(34)8-6-24(33)21-9-10-30-23-5-3-18(13-22(21)23)19-4-7-25(31-16-19)36-12-11-35-2;1-17(2)35-25-8-5-19(15-31-25)18-4-6-23-22(12-18)21(10-11-30-23)24(33)7-9-26(34)32-16-27(3,28)13-20(32)14-29;1-25(26)12-18(13-27)30(15-25)24(32)8-6-22(31)19-9-10-28-21-5-3-16(11-20(19)21)17-4-7-23(33-2)29-14-17;;;;/h3-8,11-12,15,21H,9-10,13-14,16,18H2,1-2H3;3-5,7,9-10,13,16,20H,6,8,11-12,14,17H2,1-2H3;4-6,8,10-12,15,17,20H,7,9,13,16H2,1-3H3;3-5,7,9-11,14,18H,6,8,12,15H2,1-2H3;4*1H2/t21-,28?;2*20-,27?;18-,25?;;;;/m0000..../s1. The number of aromatic nitrogens is 7. The highest BCUT2D eigenvalue weighted by Crippen LogP contribution is 2.39. The number of Topliss-reactive ketones (excluding diaryl/α,β-unsaturated/α-hetero) is 4. The van der Waals surface area contributed by atoms with Crippen molar-refractivity contribution < 1.29 is 84.3 Å². The molecule has 5 aromatic carbocycles. The predicted octanol–water partition coefficient (Wildman–Crippen LogP) is 18.4. The minimum atomic E-state index is -1.60. The summed E-state index contributed by atoms with van der Waals surface area (Å²) in [6.07, 6.45) is 10.8. The molecule has 4 aliphatic heterocycles. The number of alkyl halides is 4. The highest BCUT2D eigenvalue weighted by atomic mass is 32.1. The molecule has 0 N–H and O–H groups in total. The number of fused-ring (bicyclic) bond motifs is 4. The summed E-state index contributed by atoms with van der Waals surface area (Å²) in [6.45, 7) is 10.7. The Morgan fingerprint density at radius 3 is 0.868 bits per heavy atom. The number of ether oxygens (including phenoxy) is 6. The number of benzene rings is 5. The minimum Gasteiger partial charge on any atom is -0.491 e. The van der Waals surface area contributed by atoms with E-state index in [1.807, 2.05) is 153 Å². The molecule has 4 saturated heterocycles. The van der Waals surface area contributed by atoms with Gasteiger partial charge in [-0.2, -0.15) is 75.0 Å². The van der Waals surface area contributed by atoms with Gasteiger partial charge in [0.05, 0.1) is 99.0 Å². The largest absolute Gasteiger partial charge is 0.491 e. The van der Waals surface area contributed by atoms with Crippen LogP contribution in [0.2, 0.25) is 0 Å². The Kier molecular flexibility index (Phi) is 40.4. The summed E-state index contributed by atoms with van der Waals surface area (Å²) in [6, 6.07) is 52.5. The van der Waals surface area contributed by atoms with Crippen LogP contribution in [0, 0.1) is 45.3 Å². The van der Waals surface area contributed by atoms with Crippen LogP contribution in [0.5, 0.6) is 23.4 Å². The first-order chi connectivity index (χ1) is 67.1. The Labute approximate surface area is 859 Å². The fourth-order valence-corrected chi connectivity index (χ4v) is 17.3. The lowest BCUT2D eigenvalue weighted by Crippen LogP contribution is -2.36. The van der Waals surface area contributed by atoms with Crippen molar-refractivity contribution in [2.24, 2.45) is 0 Å². The van der Waals surface area contributed by atoms with Gasteiger partial charge in [-0.05, 0) is 172 Å². The Morgan fingerprint density at radius 1 is 0.340 bits per heavy atom. The molecule has 0 spiro atoms. The summed E-state index contributed by atoms with van der Waals surface area (Å²) in [4.78, 5) is 138. The van der Waals surface area contributed by atoms with Crippen LogP contribution in [0.25, 0.3) is 88.1 Å². The number of amides is 4. The highest BCUT2D eigenvalue weighted by molar-refractivity contribution is 7.59. The maximum absolute atomic E-state index is 14.3. The molecule has 11 heterocycles. The number of carbonyl (C=O) groups is 8. The molecule has 0 saturated carbocycles. The number of likely N-dealkylation sites (tertiary alicyclic amines) is 4. The lowest BCUT2D eigenvalue weighted by molar-refractivity contribution is -0.132. The topological polar surface area (TPSA) is 390 Å². The number of methoxy groups -OCH3 is 3. The molecule has 4 unspecified atom stereocenters. The van der Waals surface area contributed by atoms with Gasteiger partial charge in [0.1, 0.15) is 65.8 Å². The van der Waals surface area contributed by atoms with Crippen molar-refractivity contribution in [2.75, 3.05) is 73.9 Å². The first-order valence-corrected chi connectivity index (χ1v) is 45.7. The van der Waals surface area contributed by atoms with Gasteiger partial charge in [-0.1, -0.05) is 36.4 Å². The second-order valence-corrected chi connectivity index (χ2v) is 35.9. The molecule has 16 rings (SSSR count). The smallest absolute Gasteiger partial charge is 0.224 e. The third kappa shape index (κ3) is 29.2.